The van der Waals surface area contributed by atoms with E-state index in [1.807, 2.05) is 0 Å². The van der Waals surface area contributed by atoms with E-state index < -0.39 is 6.10 Å². The molecule has 0 radical (unpaired) electrons. The third kappa shape index (κ3) is 49.0. The van der Waals surface area contributed by atoms with Gasteiger partial charge in [-0.2, -0.15) is 0 Å². The molecule has 0 fully saturated rings. The van der Waals surface area contributed by atoms with E-state index in [9.17, 15) is 14.4 Å². The number of unbranched alkanes of at least 4 members (excludes halogenated alkanes) is 15. The van der Waals surface area contributed by atoms with Gasteiger partial charge in [0.05, 0.1) is 0 Å². The van der Waals surface area contributed by atoms with Crippen LogP contribution in [0, 0.1) is 0 Å². The molecule has 1 atom stereocenters. The maximum Gasteiger partial charge on any atom is 0.306 e. The van der Waals surface area contributed by atoms with Gasteiger partial charge < -0.3 is 14.2 Å². The highest BCUT2D eigenvalue weighted by Crippen LogP contribution is 2.11. The first-order chi connectivity index (χ1) is 31.0. The fraction of sp³-hybridized carbons (Fsp3) is 0.632. The molecule has 0 aliphatic rings. The minimum Gasteiger partial charge on any atom is -0.462 e. The average Bonchev–Trinajstić information content (AvgIpc) is 3.28. The second kappa shape index (κ2) is 50.7. The summed E-state index contributed by atoms with van der Waals surface area (Å²) in [5, 5.41) is 0. The van der Waals surface area contributed by atoms with E-state index in [1.165, 1.54) is 70.6 Å². The Kier molecular flexibility index (Phi) is 47.5. The maximum atomic E-state index is 12.8. The van der Waals surface area contributed by atoms with Crippen LogP contribution in [0.2, 0.25) is 0 Å². The van der Waals surface area contributed by atoms with Gasteiger partial charge in [0.2, 0.25) is 0 Å². The van der Waals surface area contributed by atoms with E-state index in [-0.39, 0.29) is 44.0 Å². The zero-order chi connectivity index (χ0) is 45.8. The molecule has 0 aromatic rings. The zero-order valence-electron chi connectivity index (χ0n) is 40.5. The van der Waals surface area contributed by atoms with Crippen molar-refractivity contribution in [2.24, 2.45) is 0 Å². The van der Waals surface area contributed by atoms with Crippen molar-refractivity contribution in [3.05, 3.63) is 109 Å². The molecule has 0 spiro atoms. The van der Waals surface area contributed by atoms with Gasteiger partial charge in [-0.1, -0.05) is 194 Å². The second-order valence-corrected chi connectivity index (χ2v) is 16.3. The average molecular weight is 873 g/mol. The molecule has 0 amide bonds. The molecule has 0 heterocycles. The smallest absolute Gasteiger partial charge is 0.306 e. The monoisotopic (exact) mass is 873 g/mol. The minimum absolute atomic E-state index is 0.122. The third-order valence-electron chi connectivity index (χ3n) is 10.2. The highest BCUT2D eigenvalue weighted by atomic mass is 16.6. The molecular weight excluding hydrogens is 781 g/mol. The van der Waals surface area contributed by atoms with Gasteiger partial charge in [-0.3, -0.25) is 14.4 Å². The summed E-state index contributed by atoms with van der Waals surface area (Å²) in [6.45, 7) is 6.36. The van der Waals surface area contributed by atoms with Gasteiger partial charge in [-0.15, -0.1) is 0 Å². The highest BCUT2D eigenvalue weighted by Gasteiger charge is 2.19. The number of rotatable bonds is 44. The van der Waals surface area contributed by atoms with Gasteiger partial charge in [0.15, 0.2) is 6.10 Å². The van der Waals surface area contributed by atoms with Crippen LogP contribution in [0.15, 0.2) is 109 Å². The number of hydrogen-bond acceptors (Lipinski definition) is 6. The van der Waals surface area contributed by atoms with Crippen LogP contribution >= 0.6 is 0 Å². The predicted octanol–water partition coefficient (Wildman–Crippen LogP) is 16.8. The Labute approximate surface area is 387 Å². The number of ether oxygens (including phenoxy) is 3. The first-order valence-electron chi connectivity index (χ1n) is 25.4. The largest absolute Gasteiger partial charge is 0.462 e. The lowest BCUT2D eigenvalue weighted by Gasteiger charge is -2.18. The molecule has 0 N–H and O–H groups in total. The highest BCUT2D eigenvalue weighted by molar-refractivity contribution is 5.71. The topological polar surface area (TPSA) is 78.9 Å². The van der Waals surface area contributed by atoms with Crippen molar-refractivity contribution in [1.29, 1.82) is 0 Å². The zero-order valence-corrected chi connectivity index (χ0v) is 40.5. The molecule has 0 aromatic heterocycles. The van der Waals surface area contributed by atoms with Crippen molar-refractivity contribution >= 4 is 17.9 Å². The molecule has 1 unspecified atom stereocenters. The normalized spacial score (nSPS) is 13.0. The first-order valence-corrected chi connectivity index (χ1v) is 25.4. The Bertz CT molecular complexity index is 1330. The molecule has 0 aromatic carbocycles. The van der Waals surface area contributed by atoms with Gasteiger partial charge in [0.1, 0.15) is 13.2 Å². The SMILES string of the molecule is CC/C=C\C/C=C\C/C=C\C/C=C\C/C=C\CCCC(=O)OCC(COC(=O)CCCCCCC/C=C\CCCC)OC(=O)CCC/C=C\C/C=C\C/C=C\CCCCCCCC. The van der Waals surface area contributed by atoms with E-state index in [4.69, 9.17) is 14.2 Å². The third-order valence-corrected chi connectivity index (χ3v) is 10.2. The van der Waals surface area contributed by atoms with Crippen molar-refractivity contribution in [3.63, 3.8) is 0 Å². The number of esters is 3. The van der Waals surface area contributed by atoms with Gasteiger partial charge in [0.25, 0.3) is 0 Å². The molecule has 6 heteroatoms. The molecule has 356 valence electrons. The molecule has 0 aliphatic carbocycles. The fourth-order valence-corrected chi connectivity index (χ4v) is 6.41. The van der Waals surface area contributed by atoms with Crippen LogP contribution < -0.4 is 0 Å². The van der Waals surface area contributed by atoms with Crippen LogP contribution in [0.3, 0.4) is 0 Å². The number of carbonyl (C=O) groups is 3. The van der Waals surface area contributed by atoms with E-state index in [0.717, 1.165) is 89.9 Å². The van der Waals surface area contributed by atoms with E-state index >= 15 is 0 Å². The van der Waals surface area contributed by atoms with Gasteiger partial charge in [-0.05, 0) is 109 Å². The van der Waals surface area contributed by atoms with Crippen molar-refractivity contribution in [1.82, 2.24) is 0 Å². The Morgan fingerprint density at radius 1 is 0.333 bits per heavy atom. The summed E-state index contributed by atoms with van der Waals surface area (Å²) in [4.78, 5) is 37.9. The molecule has 0 saturated heterocycles. The number of hydrogen-bond donors (Lipinski definition) is 0. The molecule has 0 aliphatic heterocycles. The fourth-order valence-electron chi connectivity index (χ4n) is 6.41. The number of carbonyl (C=O) groups excluding carboxylic acids is 3. The Balaban J connectivity index is 4.57. The van der Waals surface area contributed by atoms with Crippen molar-refractivity contribution in [2.45, 2.75) is 219 Å². The Morgan fingerprint density at radius 2 is 0.651 bits per heavy atom. The van der Waals surface area contributed by atoms with Crippen molar-refractivity contribution < 1.29 is 28.6 Å². The first kappa shape index (κ1) is 59.1. The molecule has 0 bridgehead atoms. The number of allylic oxidation sites excluding steroid dienone is 18. The Morgan fingerprint density at radius 3 is 1.10 bits per heavy atom. The maximum absolute atomic E-state index is 12.8. The summed E-state index contributed by atoms with van der Waals surface area (Å²) < 4.78 is 16.7. The predicted molar refractivity (Wildman–Crippen MR) is 270 cm³/mol. The lowest BCUT2D eigenvalue weighted by molar-refractivity contribution is -0.167. The van der Waals surface area contributed by atoms with E-state index in [1.54, 1.807) is 0 Å². The van der Waals surface area contributed by atoms with Crippen molar-refractivity contribution in [2.75, 3.05) is 13.2 Å². The van der Waals surface area contributed by atoms with Crippen LogP contribution in [-0.4, -0.2) is 37.2 Å². The lowest BCUT2D eigenvalue weighted by Crippen LogP contribution is -2.30. The van der Waals surface area contributed by atoms with E-state index in [0.29, 0.717) is 19.3 Å². The van der Waals surface area contributed by atoms with Crippen LogP contribution in [0.5, 0.6) is 0 Å². The van der Waals surface area contributed by atoms with Gasteiger partial charge >= 0.3 is 17.9 Å². The lowest BCUT2D eigenvalue weighted by atomic mass is 10.1. The minimum atomic E-state index is -0.831. The summed E-state index contributed by atoms with van der Waals surface area (Å²) in [6, 6.07) is 0. The quantitative estimate of drug-likeness (QED) is 0.0263. The van der Waals surface area contributed by atoms with Crippen LogP contribution in [-0.2, 0) is 28.6 Å². The van der Waals surface area contributed by atoms with Crippen LogP contribution in [0.25, 0.3) is 0 Å². The van der Waals surface area contributed by atoms with Crippen molar-refractivity contribution in [3.8, 4) is 0 Å². The molecule has 0 rings (SSSR count). The summed E-state index contributed by atoms with van der Waals surface area (Å²) in [7, 11) is 0. The van der Waals surface area contributed by atoms with Crippen LogP contribution in [0.4, 0.5) is 0 Å². The standard InChI is InChI=1S/C57H92O6/c1-4-7-10-13-16-19-22-24-26-28-30-32-35-38-41-44-47-50-56(59)62-53-54(52-61-55(58)49-46-43-40-37-34-21-18-15-12-9-6-3)63-57(60)51-48-45-42-39-36-33-31-29-27-25-23-20-17-14-11-8-5-2/h7,10,15-16,18-19,24-27,30-33,38-39,41-42,54H,4-6,8-9,11-14,17,20-23,28-29,34-37,40,43-53H2,1-3H3/b10-7-,18-15-,19-16-,26-24-,27-25-,32-30-,33-31-,41-38-,42-39-. The summed E-state index contributed by atoms with van der Waals surface area (Å²) in [5.74, 6) is -1.05. The summed E-state index contributed by atoms with van der Waals surface area (Å²) >= 11 is 0. The molecule has 0 saturated carbocycles. The molecule has 63 heavy (non-hydrogen) atoms. The summed E-state index contributed by atoms with van der Waals surface area (Å²) in [6.07, 6.45) is 68.0. The van der Waals surface area contributed by atoms with Crippen LogP contribution in [0.1, 0.15) is 213 Å². The van der Waals surface area contributed by atoms with E-state index in [2.05, 4.69) is 130 Å². The molecule has 6 nitrogen and oxygen atoms in total. The van der Waals surface area contributed by atoms with Gasteiger partial charge in [0, 0.05) is 19.3 Å². The summed E-state index contributed by atoms with van der Waals surface area (Å²) in [5.41, 5.74) is 0. The second-order valence-electron chi connectivity index (χ2n) is 16.3. The Hall–Kier alpha value is -3.93. The van der Waals surface area contributed by atoms with Gasteiger partial charge in [-0.25, -0.2) is 0 Å². The molecular formula is C57H92O6.